The van der Waals surface area contributed by atoms with E-state index in [0.717, 1.165) is 23.2 Å². The van der Waals surface area contributed by atoms with E-state index in [2.05, 4.69) is 4.98 Å². The van der Waals surface area contributed by atoms with Gasteiger partial charge < -0.3 is 9.67 Å². The predicted molar refractivity (Wildman–Crippen MR) is 86.5 cm³/mol. The smallest absolute Gasteiger partial charge is 0.389 e. The second-order valence-corrected chi connectivity index (χ2v) is 6.47. The summed E-state index contributed by atoms with van der Waals surface area (Å²) in [4.78, 5) is 4.27. The minimum atomic E-state index is -4.37. The molecule has 0 saturated carbocycles. The number of nitrogens with zero attached hydrogens (tertiary/aromatic N) is 2. The zero-order valence-corrected chi connectivity index (χ0v) is 13.3. The quantitative estimate of drug-likeness (QED) is 0.766. The Bertz CT molecular complexity index is 876. The fraction of sp³-hybridized carbons (Fsp3) is 0.278. The Kier molecular flexibility index (Phi) is 3.87. The third kappa shape index (κ3) is 3.43. The molecule has 0 aliphatic rings. The lowest BCUT2D eigenvalue weighted by Gasteiger charge is -2.18. The van der Waals surface area contributed by atoms with Crippen LogP contribution in [0.15, 0.2) is 48.8 Å². The number of aliphatic hydroxyl groups is 1. The third-order valence-corrected chi connectivity index (χ3v) is 3.70. The molecule has 1 N–H and O–H groups in total. The molecule has 0 atom stereocenters. The van der Waals surface area contributed by atoms with Crippen molar-refractivity contribution >= 4 is 11.0 Å². The van der Waals surface area contributed by atoms with E-state index in [1.54, 1.807) is 49.0 Å². The van der Waals surface area contributed by atoms with Crippen LogP contribution in [0, 0.1) is 0 Å². The van der Waals surface area contributed by atoms with Crippen LogP contribution in [0.5, 0.6) is 0 Å². The number of hydrogen-bond acceptors (Lipinski definition) is 2. The van der Waals surface area contributed by atoms with Crippen molar-refractivity contribution in [3.8, 4) is 11.1 Å². The second-order valence-electron chi connectivity index (χ2n) is 6.47. The number of alkyl halides is 3. The minimum Gasteiger partial charge on any atom is -0.389 e. The average molecular weight is 334 g/mol. The Hall–Kier alpha value is -2.34. The van der Waals surface area contributed by atoms with Crippen molar-refractivity contribution in [3.63, 3.8) is 0 Å². The number of imidazole rings is 1. The number of aromatic nitrogens is 2. The highest BCUT2D eigenvalue weighted by atomic mass is 19.4. The largest absolute Gasteiger partial charge is 0.416 e. The Morgan fingerprint density at radius 1 is 1.04 bits per heavy atom. The van der Waals surface area contributed by atoms with E-state index in [4.69, 9.17) is 0 Å². The van der Waals surface area contributed by atoms with Crippen LogP contribution >= 0.6 is 0 Å². The maximum atomic E-state index is 12.9. The Morgan fingerprint density at radius 2 is 1.75 bits per heavy atom. The van der Waals surface area contributed by atoms with E-state index in [1.807, 2.05) is 0 Å². The van der Waals surface area contributed by atoms with Gasteiger partial charge in [0.05, 0.1) is 35.1 Å². The highest BCUT2D eigenvalue weighted by molar-refractivity contribution is 5.82. The van der Waals surface area contributed by atoms with Gasteiger partial charge in [-0.25, -0.2) is 4.98 Å². The zero-order valence-electron chi connectivity index (χ0n) is 13.3. The van der Waals surface area contributed by atoms with Crippen molar-refractivity contribution in [1.29, 1.82) is 0 Å². The first-order valence-electron chi connectivity index (χ1n) is 7.48. The van der Waals surface area contributed by atoms with Crippen LogP contribution in [0.3, 0.4) is 0 Å². The minimum absolute atomic E-state index is 0.343. The molecule has 0 fully saturated rings. The molecule has 0 amide bonds. The van der Waals surface area contributed by atoms with Gasteiger partial charge in [-0.05, 0) is 49.2 Å². The number of halogens is 3. The standard InChI is InChI=1S/C18H17F3N2O/c1-17(2,24)10-23-11-22-15-7-6-13(9-16(15)23)12-4-3-5-14(8-12)18(19,20)21/h3-9,11,24H,10H2,1-2H3. The van der Waals surface area contributed by atoms with Crippen molar-refractivity contribution in [2.24, 2.45) is 0 Å². The lowest BCUT2D eigenvalue weighted by Crippen LogP contribution is -2.25. The van der Waals surface area contributed by atoms with Crippen LogP contribution in [0.4, 0.5) is 13.2 Å². The number of rotatable bonds is 3. The molecule has 3 rings (SSSR count). The molecule has 0 bridgehead atoms. The molecule has 0 saturated heterocycles. The van der Waals surface area contributed by atoms with Gasteiger partial charge in [0, 0.05) is 0 Å². The van der Waals surface area contributed by atoms with Crippen molar-refractivity contribution in [2.75, 3.05) is 0 Å². The highest BCUT2D eigenvalue weighted by Gasteiger charge is 2.30. The third-order valence-electron chi connectivity index (χ3n) is 3.70. The summed E-state index contributed by atoms with van der Waals surface area (Å²) in [6.07, 6.45) is -2.75. The molecule has 3 nitrogen and oxygen atoms in total. The van der Waals surface area contributed by atoms with Crippen LogP contribution in [-0.2, 0) is 12.7 Å². The molecule has 0 radical (unpaired) electrons. The van der Waals surface area contributed by atoms with Gasteiger partial charge in [-0.3, -0.25) is 0 Å². The molecular formula is C18H17F3N2O. The summed E-state index contributed by atoms with van der Waals surface area (Å²) < 4.78 is 40.5. The molecule has 0 unspecified atom stereocenters. The molecule has 3 aromatic rings. The van der Waals surface area contributed by atoms with Gasteiger partial charge >= 0.3 is 6.18 Å². The Balaban J connectivity index is 2.06. The lowest BCUT2D eigenvalue weighted by atomic mass is 10.0. The van der Waals surface area contributed by atoms with Gasteiger partial charge in [0.2, 0.25) is 0 Å². The number of fused-ring (bicyclic) bond motifs is 1. The van der Waals surface area contributed by atoms with E-state index < -0.39 is 17.3 Å². The predicted octanol–water partition coefficient (Wildman–Crippen LogP) is 4.49. The van der Waals surface area contributed by atoms with E-state index in [9.17, 15) is 18.3 Å². The van der Waals surface area contributed by atoms with Crippen LogP contribution in [0.1, 0.15) is 19.4 Å². The van der Waals surface area contributed by atoms with Gasteiger partial charge in [-0.2, -0.15) is 13.2 Å². The molecule has 24 heavy (non-hydrogen) atoms. The fourth-order valence-corrected chi connectivity index (χ4v) is 2.65. The molecular weight excluding hydrogens is 317 g/mol. The van der Waals surface area contributed by atoms with Crippen LogP contribution < -0.4 is 0 Å². The summed E-state index contributed by atoms with van der Waals surface area (Å²) in [6, 6.07) is 10.6. The number of hydrogen-bond donors (Lipinski definition) is 1. The summed E-state index contributed by atoms with van der Waals surface area (Å²) >= 11 is 0. The van der Waals surface area contributed by atoms with Gasteiger partial charge in [0.1, 0.15) is 0 Å². The van der Waals surface area contributed by atoms with Crippen LogP contribution in [0.25, 0.3) is 22.2 Å². The van der Waals surface area contributed by atoms with Gasteiger partial charge in [-0.1, -0.05) is 18.2 Å². The van der Waals surface area contributed by atoms with E-state index in [-0.39, 0.29) is 0 Å². The van der Waals surface area contributed by atoms with Gasteiger partial charge in [-0.15, -0.1) is 0 Å². The van der Waals surface area contributed by atoms with E-state index in [1.165, 1.54) is 6.07 Å². The van der Waals surface area contributed by atoms with Crippen LogP contribution in [-0.4, -0.2) is 20.3 Å². The summed E-state index contributed by atoms with van der Waals surface area (Å²) in [5.74, 6) is 0. The van der Waals surface area contributed by atoms with Crippen molar-refractivity contribution in [3.05, 3.63) is 54.4 Å². The second kappa shape index (κ2) is 5.63. The molecule has 1 heterocycles. The molecule has 1 aromatic heterocycles. The first-order valence-corrected chi connectivity index (χ1v) is 7.48. The normalized spacial score (nSPS) is 12.8. The molecule has 0 aliphatic carbocycles. The maximum Gasteiger partial charge on any atom is 0.416 e. The number of benzene rings is 2. The summed E-state index contributed by atoms with van der Waals surface area (Å²) in [6.45, 7) is 3.72. The monoisotopic (exact) mass is 334 g/mol. The van der Waals surface area contributed by atoms with E-state index in [0.29, 0.717) is 17.7 Å². The highest BCUT2D eigenvalue weighted by Crippen LogP contribution is 2.33. The Morgan fingerprint density at radius 3 is 2.42 bits per heavy atom. The van der Waals surface area contributed by atoms with Crippen molar-refractivity contribution < 1.29 is 18.3 Å². The molecule has 6 heteroatoms. The van der Waals surface area contributed by atoms with Gasteiger partial charge in [0.25, 0.3) is 0 Å². The lowest BCUT2D eigenvalue weighted by molar-refractivity contribution is -0.137. The Labute approximate surface area is 137 Å². The zero-order chi connectivity index (χ0) is 17.5. The fourth-order valence-electron chi connectivity index (χ4n) is 2.65. The van der Waals surface area contributed by atoms with Crippen LogP contribution in [0.2, 0.25) is 0 Å². The van der Waals surface area contributed by atoms with Crippen molar-refractivity contribution in [2.45, 2.75) is 32.2 Å². The molecule has 2 aromatic carbocycles. The summed E-state index contributed by atoms with van der Waals surface area (Å²) in [7, 11) is 0. The maximum absolute atomic E-state index is 12.9. The first-order chi connectivity index (χ1) is 11.1. The average Bonchev–Trinajstić information content (AvgIpc) is 2.87. The summed E-state index contributed by atoms with van der Waals surface area (Å²) in [5, 5.41) is 9.99. The first kappa shape index (κ1) is 16.5. The molecule has 0 aliphatic heterocycles. The molecule has 126 valence electrons. The van der Waals surface area contributed by atoms with Crippen molar-refractivity contribution in [1.82, 2.24) is 9.55 Å². The topological polar surface area (TPSA) is 38.0 Å². The SMILES string of the molecule is CC(C)(O)Cn1cnc2ccc(-c3cccc(C(F)(F)F)c3)cc21. The molecule has 0 spiro atoms. The summed E-state index contributed by atoms with van der Waals surface area (Å²) in [5.41, 5.74) is 1.07. The van der Waals surface area contributed by atoms with Gasteiger partial charge in [0.15, 0.2) is 0 Å². The van der Waals surface area contributed by atoms with E-state index >= 15 is 0 Å².